The van der Waals surface area contributed by atoms with E-state index >= 15 is 0 Å². The molecule has 0 spiro atoms. The molecule has 1 heterocycles. The summed E-state index contributed by atoms with van der Waals surface area (Å²) in [5.41, 5.74) is 9.51. The van der Waals surface area contributed by atoms with E-state index < -0.39 is 0 Å². The van der Waals surface area contributed by atoms with Crippen LogP contribution in [0, 0.1) is 5.92 Å². The molecular weight excluding hydrogens is 186 g/mol. The average molecular weight is 211 g/mol. The molecular formula is C12H25N3. The van der Waals surface area contributed by atoms with Gasteiger partial charge in [-0.05, 0) is 45.4 Å². The van der Waals surface area contributed by atoms with Crippen LogP contribution in [0.1, 0.15) is 46.0 Å². The first-order valence-corrected chi connectivity index (χ1v) is 6.47. The van der Waals surface area contributed by atoms with E-state index in [1.54, 1.807) is 0 Å². The van der Waals surface area contributed by atoms with E-state index in [1.807, 2.05) is 0 Å². The molecule has 0 aromatic heterocycles. The molecule has 88 valence electrons. The highest BCUT2D eigenvalue weighted by molar-refractivity contribution is 4.88. The molecule has 3 atom stereocenters. The average Bonchev–Trinajstić information content (AvgIpc) is 3.01. The van der Waals surface area contributed by atoms with Crippen molar-refractivity contribution in [3.05, 3.63) is 0 Å². The SMILES string of the molecule is CC1CCCC(C)N1NC(CN)C1CC1. The van der Waals surface area contributed by atoms with E-state index in [2.05, 4.69) is 24.3 Å². The molecule has 3 unspecified atom stereocenters. The number of hydrazine groups is 1. The van der Waals surface area contributed by atoms with Gasteiger partial charge in [0.2, 0.25) is 0 Å². The molecule has 2 fully saturated rings. The molecule has 3 nitrogen and oxygen atoms in total. The second-order valence-electron chi connectivity index (χ2n) is 5.34. The summed E-state index contributed by atoms with van der Waals surface area (Å²) in [7, 11) is 0. The van der Waals surface area contributed by atoms with E-state index in [4.69, 9.17) is 5.73 Å². The van der Waals surface area contributed by atoms with Gasteiger partial charge in [0.15, 0.2) is 0 Å². The van der Waals surface area contributed by atoms with Crippen molar-refractivity contribution in [1.82, 2.24) is 10.4 Å². The van der Waals surface area contributed by atoms with Gasteiger partial charge in [-0.15, -0.1) is 0 Å². The zero-order valence-electron chi connectivity index (χ0n) is 10.1. The van der Waals surface area contributed by atoms with Crippen molar-refractivity contribution in [3.63, 3.8) is 0 Å². The van der Waals surface area contributed by atoms with Crippen molar-refractivity contribution in [3.8, 4) is 0 Å². The summed E-state index contributed by atoms with van der Waals surface area (Å²) in [6, 6.07) is 1.86. The normalized spacial score (nSPS) is 35.4. The Morgan fingerprint density at radius 1 is 1.20 bits per heavy atom. The number of nitrogens with zero attached hydrogens (tertiary/aromatic N) is 1. The van der Waals surface area contributed by atoms with Crippen LogP contribution in [0.3, 0.4) is 0 Å². The van der Waals surface area contributed by atoms with E-state index in [0.717, 1.165) is 12.5 Å². The maximum atomic E-state index is 5.83. The third kappa shape index (κ3) is 2.71. The van der Waals surface area contributed by atoms with Gasteiger partial charge in [-0.3, -0.25) is 5.43 Å². The molecule has 2 rings (SSSR count). The summed E-state index contributed by atoms with van der Waals surface area (Å²) in [6.07, 6.45) is 6.74. The minimum Gasteiger partial charge on any atom is -0.329 e. The van der Waals surface area contributed by atoms with Crippen LogP contribution in [0.25, 0.3) is 0 Å². The Labute approximate surface area is 93.4 Å². The monoisotopic (exact) mass is 211 g/mol. The minimum absolute atomic E-state index is 0.521. The molecule has 1 aliphatic heterocycles. The van der Waals surface area contributed by atoms with Crippen LogP contribution in [0.5, 0.6) is 0 Å². The summed E-state index contributed by atoms with van der Waals surface area (Å²) in [5, 5.41) is 2.46. The first-order chi connectivity index (χ1) is 7.22. The van der Waals surface area contributed by atoms with Crippen molar-refractivity contribution < 1.29 is 0 Å². The maximum Gasteiger partial charge on any atom is 0.0366 e. The molecule has 0 aromatic rings. The van der Waals surface area contributed by atoms with Gasteiger partial charge in [0.1, 0.15) is 0 Å². The lowest BCUT2D eigenvalue weighted by Crippen LogP contribution is -2.57. The van der Waals surface area contributed by atoms with Crippen molar-refractivity contribution in [2.45, 2.75) is 64.1 Å². The maximum absolute atomic E-state index is 5.83. The lowest BCUT2D eigenvalue weighted by Gasteiger charge is -2.41. The molecule has 1 aliphatic carbocycles. The van der Waals surface area contributed by atoms with Crippen molar-refractivity contribution in [1.29, 1.82) is 0 Å². The van der Waals surface area contributed by atoms with Gasteiger partial charge in [-0.25, -0.2) is 5.01 Å². The molecule has 1 saturated carbocycles. The van der Waals surface area contributed by atoms with Gasteiger partial charge in [0.25, 0.3) is 0 Å². The fourth-order valence-corrected chi connectivity index (χ4v) is 2.72. The van der Waals surface area contributed by atoms with Crippen molar-refractivity contribution >= 4 is 0 Å². The fraction of sp³-hybridized carbons (Fsp3) is 1.00. The van der Waals surface area contributed by atoms with Crippen LogP contribution in [0.4, 0.5) is 0 Å². The summed E-state index contributed by atoms with van der Waals surface area (Å²) < 4.78 is 0. The minimum atomic E-state index is 0.521. The lowest BCUT2D eigenvalue weighted by molar-refractivity contribution is 0.0271. The summed E-state index contributed by atoms with van der Waals surface area (Å²) in [6.45, 7) is 5.42. The number of hydrogen-bond acceptors (Lipinski definition) is 3. The predicted octanol–water partition coefficient (Wildman–Crippen LogP) is 1.49. The zero-order valence-corrected chi connectivity index (χ0v) is 10.1. The fourth-order valence-electron chi connectivity index (χ4n) is 2.72. The number of rotatable bonds is 4. The molecule has 0 aromatic carbocycles. The lowest BCUT2D eigenvalue weighted by atomic mass is 9.99. The van der Waals surface area contributed by atoms with Gasteiger partial charge in [0, 0.05) is 24.7 Å². The third-order valence-electron chi connectivity index (χ3n) is 3.95. The molecule has 0 radical (unpaired) electrons. The van der Waals surface area contributed by atoms with Crippen LogP contribution >= 0.6 is 0 Å². The van der Waals surface area contributed by atoms with E-state index in [-0.39, 0.29) is 0 Å². The first-order valence-electron chi connectivity index (χ1n) is 6.47. The standard InChI is InChI=1S/C12H25N3/c1-9-4-3-5-10(2)15(9)14-12(8-13)11-6-7-11/h9-12,14H,3-8,13H2,1-2H3. The highest BCUT2D eigenvalue weighted by Crippen LogP contribution is 2.33. The predicted molar refractivity (Wildman–Crippen MR) is 63.3 cm³/mol. The molecule has 15 heavy (non-hydrogen) atoms. The third-order valence-corrected chi connectivity index (χ3v) is 3.95. The largest absolute Gasteiger partial charge is 0.329 e. The smallest absolute Gasteiger partial charge is 0.0366 e. The second-order valence-corrected chi connectivity index (χ2v) is 5.34. The Balaban J connectivity index is 1.89. The van der Waals surface area contributed by atoms with Crippen molar-refractivity contribution in [2.24, 2.45) is 11.7 Å². The molecule has 0 bridgehead atoms. The molecule has 2 aliphatic rings. The number of hydrogen-bond donors (Lipinski definition) is 2. The summed E-state index contributed by atoms with van der Waals surface area (Å²) in [4.78, 5) is 0. The van der Waals surface area contributed by atoms with Crippen LogP contribution in [-0.4, -0.2) is 29.7 Å². The Morgan fingerprint density at radius 2 is 1.80 bits per heavy atom. The van der Waals surface area contributed by atoms with Crippen LogP contribution in [0.2, 0.25) is 0 Å². The zero-order chi connectivity index (χ0) is 10.8. The molecule has 0 amide bonds. The van der Waals surface area contributed by atoms with E-state index in [0.29, 0.717) is 18.1 Å². The molecule has 3 N–H and O–H groups in total. The topological polar surface area (TPSA) is 41.3 Å². The first kappa shape index (κ1) is 11.4. The number of nitrogens with one attached hydrogen (secondary N) is 1. The van der Waals surface area contributed by atoms with Gasteiger partial charge in [0.05, 0.1) is 0 Å². The Kier molecular flexibility index (Phi) is 3.65. The van der Waals surface area contributed by atoms with Gasteiger partial charge in [-0.1, -0.05) is 6.42 Å². The highest BCUT2D eigenvalue weighted by atomic mass is 15.5. The summed E-state index contributed by atoms with van der Waals surface area (Å²) >= 11 is 0. The van der Waals surface area contributed by atoms with Gasteiger partial charge >= 0.3 is 0 Å². The Bertz CT molecular complexity index is 193. The van der Waals surface area contributed by atoms with Crippen LogP contribution in [-0.2, 0) is 0 Å². The van der Waals surface area contributed by atoms with E-state index in [1.165, 1.54) is 32.1 Å². The van der Waals surface area contributed by atoms with Gasteiger partial charge in [-0.2, -0.15) is 0 Å². The quantitative estimate of drug-likeness (QED) is 0.740. The summed E-state index contributed by atoms with van der Waals surface area (Å²) in [5.74, 6) is 0.844. The Morgan fingerprint density at radius 3 is 2.27 bits per heavy atom. The van der Waals surface area contributed by atoms with Crippen LogP contribution < -0.4 is 11.2 Å². The number of piperidine rings is 1. The Hall–Kier alpha value is -0.120. The van der Waals surface area contributed by atoms with Crippen molar-refractivity contribution in [2.75, 3.05) is 6.54 Å². The van der Waals surface area contributed by atoms with E-state index in [9.17, 15) is 0 Å². The highest BCUT2D eigenvalue weighted by Gasteiger charge is 2.34. The molecule has 3 heteroatoms. The van der Waals surface area contributed by atoms with Crippen LogP contribution in [0.15, 0.2) is 0 Å². The number of nitrogens with two attached hydrogens (primary N) is 1. The second kappa shape index (κ2) is 4.81. The molecule has 1 saturated heterocycles. The van der Waals surface area contributed by atoms with Gasteiger partial charge < -0.3 is 5.73 Å².